The number of rotatable bonds is 6. The molecule has 0 bridgehead atoms. The zero-order valence-corrected chi connectivity index (χ0v) is 17.0. The number of carbonyl (C=O) groups is 1. The number of halogens is 1. The molecule has 1 fully saturated rings. The fraction of sp³-hybridized carbons (Fsp3) is 0.333. The summed E-state index contributed by atoms with van der Waals surface area (Å²) in [7, 11) is 3.05. The van der Waals surface area contributed by atoms with Gasteiger partial charge in [-0.3, -0.25) is 9.69 Å². The normalized spacial score (nSPS) is 16.2. The first-order chi connectivity index (χ1) is 14.1. The van der Waals surface area contributed by atoms with Crippen molar-refractivity contribution in [3.05, 3.63) is 47.8 Å². The van der Waals surface area contributed by atoms with Crippen molar-refractivity contribution in [3.8, 4) is 11.5 Å². The van der Waals surface area contributed by atoms with Gasteiger partial charge in [-0.15, -0.1) is 0 Å². The third kappa shape index (κ3) is 3.90. The van der Waals surface area contributed by atoms with Crippen molar-refractivity contribution in [2.45, 2.75) is 18.9 Å². The molecule has 0 radical (unpaired) electrons. The van der Waals surface area contributed by atoms with Crippen LogP contribution in [0.15, 0.2) is 36.4 Å². The van der Waals surface area contributed by atoms with Gasteiger partial charge in [0.2, 0.25) is 0 Å². The van der Waals surface area contributed by atoms with E-state index in [4.69, 9.17) is 14.2 Å². The van der Waals surface area contributed by atoms with E-state index in [0.29, 0.717) is 40.0 Å². The molecule has 2 heterocycles. The van der Waals surface area contributed by atoms with E-state index in [9.17, 15) is 9.18 Å². The Bertz CT molecular complexity index is 1030. The SMILES string of the molecule is COc1ccc(OC)c(C(=O)N(CC2CCCO2)c2nc3c(F)cccc3s2)c1. The standard InChI is InChI=1S/C21H21FN2O4S/c1-26-13-8-9-17(27-2)15(11-13)20(25)24(12-14-5-4-10-28-14)21-23-19-16(22)6-3-7-18(19)29-21/h3,6-9,11,14H,4-5,10,12H2,1-2H3. The molecule has 1 aromatic heterocycles. The second-order valence-corrected chi connectivity index (χ2v) is 7.71. The number of ether oxygens (including phenoxy) is 3. The van der Waals surface area contributed by atoms with Crippen LogP contribution in [0.5, 0.6) is 11.5 Å². The number of anilines is 1. The summed E-state index contributed by atoms with van der Waals surface area (Å²) >= 11 is 1.28. The van der Waals surface area contributed by atoms with Gasteiger partial charge in [0.15, 0.2) is 5.13 Å². The highest BCUT2D eigenvalue weighted by atomic mass is 32.1. The van der Waals surface area contributed by atoms with Crippen LogP contribution in [-0.2, 0) is 4.74 Å². The zero-order chi connectivity index (χ0) is 20.4. The third-order valence-corrected chi connectivity index (χ3v) is 5.93. The van der Waals surface area contributed by atoms with E-state index >= 15 is 0 Å². The Kier molecular flexibility index (Phi) is 5.64. The van der Waals surface area contributed by atoms with Crippen LogP contribution in [0.4, 0.5) is 9.52 Å². The molecule has 0 N–H and O–H groups in total. The molecule has 152 valence electrons. The van der Waals surface area contributed by atoms with Crippen LogP contribution >= 0.6 is 11.3 Å². The van der Waals surface area contributed by atoms with Gasteiger partial charge in [0, 0.05) is 6.61 Å². The van der Waals surface area contributed by atoms with Crippen LogP contribution in [0.3, 0.4) is 0 Å². The largest absolute Gasteiger partial charge is 0.497 e. The zero-order valence-electron chi connectivity index (χ0n) is 16.2. The summed E-state index contributed by atoms with van der Waals surface area (Å²) in [6.45, 7) is 1.00. The molecule has 1 saturated heterocycles. The summed E-state index contributed by atoms with van der Waals surface area (Å²) in [4.78, 5) is 19.5. The second kappa shape index (κ2) is 8.34. The van der Waals surface area contributed by atoms with Crippen LogP contribution in [0.1, 0.15) is 23.2 Å². The highest BCUT2D eigenvalue weighted by Crippen LogP contribution is 2.34. The van der Waals surface area contributed by atoms with E-state index < -0.39 is 5.82 Å². The number of para-hydroxylation sites is 1. The minimum atomic E-state index is -0.409. The minimum Gasteiger partial charge on any atom is -0.497 e. The van der Waals surface area contributed by atoms with Crippen molar-refractivity contribution in [2.75, 3.05) is 32.3 Å². The molecule has 0 saturated carbocycles. The average molecular weight is 416 g/mol. The first-order valence-electron chi connectivity index (χ1n) is 9.31. The first kappa shape index (κ1) is 19.6. The second-order valence-electron chi connectivity index (χ2n) is 6.70. The Labute approximate surface area is 171 Å². The number of carbonyl (C=O) groups excluding carboxylic acids is 1. The Hall–Kier alpha value is -2.71. The number of hydrogen-bond donors (Lipinski definition) is 0. The van der Waals surface area contributed by atoms with Crippen LogP contribution in [0.25, 0.3) is 10.2 Å². The Morgan fingerprint density at radius 3 is 2.86 bits per heavy atom. The fourth-order valence-electron chi connectivity index (χ4n) is 3.39. The fourth-order valence-corrected chi connectivity index (χ4v) is 4.37. The number of thiazole rings is 1. The number of benzene rings is 2. The molecule has 4 rings (SSSR count). The van der Waals surface area contributed by atoms with E-state index in [-0.39, 0.29) is 17.5 Å². The first-order valence-corrected chi connectivity index (χ1v) is 10.1. The molecule has 6 nitrogen and oxygen atoms in total. The van der Waals surface area contributed by atoms with Gasteiger partial charge in [0.05, 0.1) is 37.1 Å². The minimum absolute atomic E-state index is 0.0904. The highest BCUT2D eigenvalue weighted by molar-refractivity contribution is 7.22. The van der Waals surface area contributed by atoms with E-state index in [2.05, 4.69) is 4.98 Å². The van der Waals surface area contributed by atoms with Crippen molar-refractivity contribution < 1.29 is 23.4 Å². The summed E-state index contributed by atoms with van der Waals surface area (Å²) in [6, 6.07) is 9.85. The van der Waals surface area contributed by atoms with Gasteiger partial charge >= 0.3 is 0 Å². The molecule has 0 spiro atoms. The summed E-state index contributed by atoms with van der Waals surface area (Å²) < 4.78 is 31.3. The van der Waals surface area contributed by atoms with Crippen molar-refractivity contribution in [1.82, 2.24) is 4.98 Å². The van der Waals surface area contributed by atoms with E-state index in [1.54, 1.807) is 35.2 Å². The van der Waals surface area contributed by atoms with Crippen molar-refractivity contribution >= 4 is 32.6 Å². The highest BCUT2D eigenvalue weighted by Gasteiger charge is 2.29. The number of aromatic nitrogens is 1. The van der Waals surface area contributed by atoms with Gasteiger partial charge in [0.25, 0.3) is 5.91 Å². The van der Waals surface area contributed by atoms with Crippen LogP contribution < -0.4 is 14.4 Å². The molecule has 1 atom stereocenters. The van der Waals surface area contributed by atoms with Gasteiger partial charge in [0.1, 0.15) is 22.8 Å². The smallest absolute Gasteiger partial charge is 0.264 e. The van der Waals surface area contributed by atoms with Gasteiger partial charge < -0.3 is 14.2 Å². The topological polar surface area (TPSA) is 60.9 Å². The number of hydrogen-bond acceptors (Lipinski definition) is 6. The Morgan fingerprint density at radius 2 is 2.17 bits per heavy atom. The predicted molar refractivity (Wildman–Crippen MR) is 110 cm³/mol. The van der Waals surface area contributed by atoms with Gasteiger partial charge in [-0.25, -0.2) is 9.37 Å². The lowest BCUT2D eigenvalue weighted by Crippen LogP contribution is -2.37. The van der Waals surface area contributed by atoms with E-state index in [0.717, 1.165) is 12.8 Å². The number of amides is 1. The van der Waals surface area contributed by atoms with Gasteiger partial charge in [-0.1, -0.05) is 17.4 Å². The monoisotopic (exact) mass is 416 g/mol. The van der Waals surface area contributed by atoms with Gasteiger partial charge in [-0.05, 0) is 43.2 Å². The maximum atomic E-state index is 14.2. The van der Waals surface area contributed by atoms with Crippen molar-refractivity contribution in [3.63, 3.8) is 0 Å². The molecular weight excluding hydrogens is 395 g/mol. The Balaban J connectivity index is 1.77. The van der Waals surface area contributed by atoms with Crippen molar-refractivity contribution in [2.24, 2.45) is 0 Å². The van der Waals surface area contributed by atoms with Crippen molar-refractivity contribution in [1.29, 1.82) is 0 Å². The Morgan fingerprint density at radius 1 is 1.31 bits per heavy atom. The van der Waals surface area contributed by atoms with Crippen LogP contribution in [0, 0.1) is 5.82 Å². The summed E-state index contributed by atoms with van der Waals surface area (Å²) in [5, 5.41) is 0.426. The quantitative estimate of drug-likeness (QED) is 0.600. The van der Waals surface area contributed by atoms with E-state index in [1.165, 1.54) is 31.6 Å². The molecule has 8 heteroatoms. The predicted octanol–water partition coefficient (Wildman–Crippen LogP) is 4.28. The molecule has 1 unspecified atom stereocenters. The van der Waals surface area contributed by atoms with Gasteiger partial charge in [-0.2, -0.15) is 0 Å². The molecular formula is C21H21FN2O4S. The molecule has 1 amide bonds. The molecule has 1 aliphatic rings. The molecule has 0 aliphatic carbocycles. The van der Waals surface area contributed by atoms with E-state index in [1.807, 2.05) is 0 Å². The molecule has 29 heavy (non-hydrogen) atoms. The molecule has 2 aromatic carbocycles. The molecule has 1 aliphatic heterocycles. The number of methoxy groups -OCH3 is 2. The maximum Gasteiger partial charge on any atom is 0.264 e. The average Bonchev–Trinajstić information content (AvgIpc) is 3.41. The third-order valence-electron chi connectivity index (χ3n) is 4.88. The lowest BCUT2D eigenvalue weighted by molar-refractivity contribution is 0.0914. The lowest BCUT2D eigenvalue weighted by Gasteiger charge is -2.24. The number of fused-ring (bicyclic) bond motifs is 1. The summed E-state index contributed by atoms with van der Waals surface area (Å²) in [5.74, 6) is 0.270. The molecule has 3 aromatic rings. The maximum absolute atomic E-state index is 14.2. The lowest BCUT2D eigenvalue weighted by atomic mass is 10.1. The summed E-state index contributed by atoms with van der Waals surface area (Å²) in [5.41, 5.74) is 0.611. The van der Waals surface area contributed by atoms with Crippen LogP contribution in [-0.4, -0.2) is 44.4 Å². The summed E-state index contributed by atoms with van der Waals surface area (Å²) in [6.07, 6.45) is 1.72. The number of nitrogens with zero attached hydrogens (tertiary/aromatic N) is 2. The van der Waals surface area contributed by atoms with Crippen LogP contribution in [0.2, 0.25) is 0 Å².